The molecule has 1 aliphatic heterocycles. The summed E-state index contributed by atoms with van der Waals surface area (Å²) in [5.74, 6) is 0. The van der Waals surface area contributed by atoms with E-state index in [0.29, 0.717) is 0 Å². The molecule has 0 aromatic heterocycles. The quantitative estimate of drug-likeness (QED) is 0.495. The van der Waals surface area contributed by atoms with Gasteiger partial charge < -0.3 is 4.90 Å². The van der Waals surface area contributed by atoms with Crippen molar-refractivity contribution in [2.75, 3.05) is 19.8 Å². The lowest BCUT2D eigenvalue weighted by atomic mass is 10.3. The van der Waals surface area contributed by atoms with Gasteiger partial charge in [-0.3, -0.25) is 10.1 Å². The van der Waals surface area contributed by atoms with Crippen LogP contribution in [-0.4, -0.2) is 31.1 Å². The zero-order valence-corrected chi connectivity index (χ0v) is 5.47. The minimum absolute atomic E-state index is 0.726. The van der Waals surface area contributed by atoms with Gasteiger partial charge in [0.1, 0.15) is 0 Å². The fraction of sp³-hybridized carbons (Fsp3) is 0.833. The Labute approximate surface area is 55.0 Å². The third-order valence-corrected chi connectivity index (χ3v) is 1.51. The van der Waals surface area contributed by atoms with E-state index in [-0.39, 0.29) is 0 Å². The summed E-state index contributed by atoms with van der Waals surface area (Å²) >= 11 is 0. The maximum absolute atomic E-state index is 10.2. The van der Waals surface area contributed by atoms with Gasteiger partial charge >= 0.3 is 0 Å². The molecule has 1 N–H and O–H groups in total. The molecule has 0 aliphatic carbocycles. The maximum atomic E-state index is 10.2. The van der Waals surface area contributed by atoms with Crippen LogP contribution in [0.2, 0.25) is 0 Å². The molecule has 1 aliphatic rings. The van der Waals surface area contributed by atoms with Gasteiger partial charge in [0.25, 0.3) is 0 Å². The molecule has 0 aromatic carbocycles. The van der Waals surface area contributed by atoms with E-state index in [4.69, 9.17) is 0 Å². The van der Waals surface area contributed by atoms with Crippen molar-refractivity contribution in [1.29, 1.82) is 0 Å². The van der Waals surface area contributed by atoms with Crippen LogP contribution in [0.3, 0.4) is 0 Å². The number of amides is 1. The molecule has 0 bridgehead atoms. The van der Waals surface area contributed by atoms with E-state index >= 15 is 0 Å². The second kappa shape index (κ2) is 3.45. The summed E-state index contributed by atoms with van der Waals surface area (Å²) in [5.41, 5.74) is 0. The second-order valence-corrected chi connectivity index (χ2v) is 2.28. The molecular weight excluding hydrogens is 116 g/mol. The van der Waals surface area contributed by atoms with E-state index in [1.807, 2.05) is 0 Å². The molecule has 0 atom stereocenters. The molecule has 9 heavy (non-hydrogen) atoms. The van der Waals surface area contributed by atoms with Crippen LogP contribution in [0.5, 0.6) is 0 Å². The normalized spacial score (nSPS) is 21.1. The first kappa shape index (κ1) is 6.55. The lowest BCUT2D eigenvalue weighted by molar-refractivity contribution is -0.118. The first-order valence-electron chi connectivity index (χ1n) is 3.33. The molecule has 1 fully saturated rings. The van der Waals surface area contributed by atoms with Gasteiger partial charge in [-0.1, -0.05) is 0 Å². The molecule has 0 aromatic rings. The maximum Gasteiger partial charge on any atom is 0.210 e. The summed E-state index contributed by atoms with van der Waals surface area (Å²) in [6.07, 6.45) is 3.22. The highest BCUT2D eigenvalue weighted by molar-refractivity contribution is 5.46. The van der Waals surface area contributed by atoms with Gasteiger partial charge in [-0.05, 0) is 19.4 Å². The van der Waals surface area contributed by atoms with Crippen LogP contribution in [0.15, 0.2) is 0 Å². The van der Waals surface area contributed by atoms with Gasteiger partial charge in [0.2, 0.25) is 6.41 Å². The van der Waals surface area contributed by atoms with Crippen LogP contribution < -0.4 is 5.32 Å². The van der Waals surface area contributed by atoms with Crippen LogP contribution >= 0.6 is 0 Å². The number of rotatable bonds is 1. The molecule has 1 rings (SSSR count). The first-order chi connectivity index (χ1) is 4.43. The predicted molar refractivity (Wildman–Crippen MR) is 34.9 cm³/mol. The summed E-state index contributed by atoms with van der Waals surface area (Å²) in [4.78, 5) is 12.0. The fourth-order valence-electron chi connectivity index (χ4n) is 0.957. The molecule has 3 heteroatoms. The van der Waals surface area contributed by atoms with E-state index < -0.39 is 0 Å². The highest BCUT2D eigenvalue weighted by atomic mass is 16.1. The number of nitrogens with zero attached hydrogens (tertiary/aromatic N) is 1. The second-order valence-electron chi connectivity index (χ2n) is 2.28. The average Bonchev–Trinajstić information content (AvgIpc) is 2.13. The Morgan fingerprint density at radius 1 is 1.44 bits per heavy atom. The Balaban J connectivity index is 2.26. The molecule has 1 saturated heterocycles. The Kier molecular flexibility index (Phi) is 2.51. The van der Waals surface area contributed by atoms with Gasteiger partial charge in [0, 0.05) is 6.54 Å². The Bertz CT molecular complexity index is 87.1. The third-order valence-electron chi connectivity index (χ3n) is 1.51. The van der Waals surface area contributed by atoms with Crippen LogP contribution in [-0.2, 0) is 4.79 Å². The lowest BCUT2D eigenvalue weighted by Crippen LogP contribution is -2.30. The average molecular weight is 128 g/mol. The summed E-state index contributed by atoms with van der Waals surface area (Å²) in [5, 5.41) is 3.14. The molecule has 1 amide bonds. The zero-order chi connectivity index (χ0) is 6.53. The minimum Gasteiger partial charge on any atom is -0.332 e. The van der Waals surface area contributed by atoms with Crippen molar-refractivity contribution in [1.82, 2.24) is 10.2 Å². The van der Waals surface area contributed by atoms with Crippen LogP contribution in [0.4, 0.5) is 0 Å². The van der Waals surface area contributed by atoms with Crippen molar-refractivity contribution in [2.45, 2.75) is 12.8 Å². The monoisotopic (exact) mass is 128 g/mol. The molecule has 3 nitrogen and oxygen atoms in total. The van der Waals surface area contributed by atoms with E-state index in [9.17, 15) is 4.79 Å². The van der Waals surface area contributed by atoms with Crippen molar-refractivity contribution < 1.29 is 4.79 Å². The highest BCUT2D eigenvalue weighted by Crippen LogP contribution is 1.94. The molecule has 0 radical (unpaired) electrons. The topological polar surface area (TPSA) is 32.3 Å². The van der Waals surface area contributed by atoms with Gasteiger partial charge in [-0.15, -0.1) is 0 Å². The predicted octanol–water partition coefficient (Wildman–Crippen LogP) is -0.214. The third kappa shape index (κ3) is 2.01. The van der Waals surface area contributed by atoms with Crippen molar-refractivity contribution in [3.63, 3.8) is 0 Å². The zero-order valence-electron chi connectivity index (χ0n) is 5.47. The molecule has 0 spiro atoms. The molecule has 1 heterocycles. The molecule has 0 unspecified atom stereocenters. The highest BCUT2D eigenvalue weighted by Gasteiger charge is 2.03. The summed E-state index contributed by atoms with van der Waals surface area (Å²) in [6, 6.07) is 0. The Hall–Kier alpha value is -0.570. The largest absolute Gasteiger partial charge is 0.332 e. The van der Waals surface area contributed by atoms with E-state index in [1.165, 1.54) is 6.42 Å². The number of carbonyl (C=O) groups is 1. The van der Waals surface area contributed by atoms with Gasteiger partial charge in [-0.2, -0.15) is 0 Å². The van der Waals surface area contributed by atoms with Gasteiger partial charge in [-0.25, -0.2) is 0 Å². The van der Waals surface area contributed by atoms with E-state index in [2.05, 4.69) is 5.32 Å². The van der Waals surface area contributed by atoms with Crippen molar-refractivity contribution in [3.8, 4) is 0 Å². The number of hydrogen-bond acceptors (Lipinski definition) is 2. The van der Waals surface area contributed by atoms with E-state index in [0.717, 1.165) is 32.6 Å². The summed E-state index contributed by atoms with van der Waals surface area (Å²) in [6.45, 7) is 2.68. The van der Waals surface area contributed by atoms with Crippen molar-refractivity contribution in [2.24, 2.45) is 0 Å². The van der Waals surface area contributed by atoms with Crippen molar-refractivity contribution >= 4 is 6.41 Å². The summed E-state index contributed by atoms with van der Waals surface area (Å²) < 4.78 is 0. The number of carbonyl (C=O) groups excluding carboxylic acids is 1. The first-order valence-corrected chi connectivity index (χ1v) is 3.33. The Morgan fingerprint density at radius 3 is 3.11 bits per heavy atom. The standard InChI is InChI=1S/C6H12N2O/c9-6-8-4-2-1-3-7-5-8/h6-7H,1-5H2. The van der Waals surface area contributed by atoms with Crippen molar-refractivity contribution in [3.05, 3.63) is 0 Å². The van der Waals surface area contributed by atoms with Gasteiger partial charge in [0.15, 0.2) is 0 Å². The number of nitrogens with one attached hydrogen (secondary N) is 1. The minimum atomic E-state index is 0.726. The Morgan fingerprint density at radius 2 is 2.33 bits per heavy atom. The molecule has 52 valence electrons. The van der Waals surface area contributed by atoms with Crippen LogP contribution in [0.25, 0.3) is 0 Å². The van der Waals surface area contributed by atoms with Crippen LogP contribution in [0.1, 0.15) is 12.8 Å². The fourth-order valence-corrected chi connectivity index (χ4v) is 0.957. The molecular formula is C6H12N2O. The van der Waals surface area contributed by atoms with E-state index in [1.54, 1.807) is 4.90 Å². The van der Waals surface area contributed by atoms with Crippen LogP contribution in [0, 0.1) is 0 Å². The molecule has 0 saturated carbocycles. The summed E-state index contributed by atoms with van der Waals surface area (Å²) in [7, 11) is 0. The lowest BCUT2D eigenvalue weighted by Gasteiger charge is -2.12. The SMILES string of the molecule is O=CN1CCCCNC1. The smallest absolute Gasteiger partial charge is 0.210 e. The van der Waals surface area contributed by atoms with Gasteiger partial charge in [0.05, 0.1) is 6.67 Å². The number of hydrogen-bond donors (Lipinski definition) is 1.